The number of nitrogens with two attached hydrogens (primary N) is 1. The van der Waals surface area contributed by atoms with Crippen molar-refractivity contribution in [3.63, 3.8) is 0 Å². The van der Waals surface area contributed by atoms with E-state index in [1.807, 2.05) is 6.92 Å². The number of nitrogens with zero attached hydrogens (tertiary/aromatic N) is 1. The minimum atomic E-state index is -0.191. The third-order valence-electron chi connectivity index (χ3n) is 2.90. The second-order valence-corrected chi connectivity index (χ2v) is 4.41. The molecule has 1 aromatic heterocycles. The molecule has 2 rings (SSSR count). The van der Waals surface area contributed by atoms with Crippen LogP contribution in [0.15, 0.2) is 22.8 Å². The van der Waals surface area contributed by atoms with Gasteiger partial charge in [-0.05, 0) is 6.92 Å². The van der Waals surface area contributed by atoms with Crippen molar-refractivity contribution in [2.45, 2.75) is 13.0 Å². The molecule has 114 valence electrons. The maximum atomic E-state index is 5.74. The van der Waals surface area contributed by atoms with E-state index in [0.717, 1.165) is 0 Å². The van der Waals surface area contributed by atoms with Crippen LogP contribution in [0.1, 0.15) is 18.7 Å². The van der Waals surface area contributed by atoms with E-state index in [4.69, 9.17) is 24.4 Å². The van der Waals surface area contributed by atoms with Crippen molar-refractivity contribution in [3.8, 4) is 17.2 Å². The summed E-state index contributed by atoms with van der Waals surface area (Å²) in [6.45, 7) is 1.83. The highest BCUT2D eigenvalue weighted by molar-refractivity contribution is 5.65. The van der Waals surface area contributed by atoms with E-state index < -0.39 is 0 Å². The summed E-state index contributed by atoms with van der Waals surface area (Å²) in [5.41, 5.74) is 7.11. The molecular weight excluding hydrogens is 274 g/mol. The predicted molar refractivity (Wildman–Crippen MR) is 78.5 cm³/mol. The SMILES string of the molecule is COc1cc(Nc2nc(C(C)N)co2)cc(OC)c1OC. The molecule has 0 spiro atoms. The highest BCUT2D eigenvalue weighted by Gasteiger charge is 2.14. The van der Waals surface area contributed by atoms with Gasteiger partial charge in [0, 0.05) is 23.9 Å². The third kappa shape index (κ3) is 3.19. The van der Waals surface area contributed by atoms with Crippen LogP contribution in [0.5, 0.6) is 17.2 Å². The molecule has 0 bridgehead atoms. The van der Waals surface area contributed by atoms with Crippen LogP contribution in [0.3, 0.4) is 0 Å². The van der Waals surface area contributed by atoms with Crippen molar-refractivity contribution in [1.82, 2.24) is 4.98 Å². The Morgan fingerprint density at radius 3 is 2.19 bits per heavy atom. The Bertz CT molecular complexity index is 585. The lowest BCUT2D eigenvalue weighted by Gasteiger charge is -2.14. The highest BCUT2D eigenvalue weighted by atomic mass is 16.5. The lowest BCUT2D eigenvalue weighted by molar-refractivity contribution is 0.324. The number of methoxy groups -OCH3 is 3. The Morgan fingerprint density at radius 1 is 1.14 bits per heavy atom. The van der Waals surface area contributed by atoms with Crippen molar-refractivity contribution in [2.75, 3.05) is 26.6 Å². The minimum absolute atomic E-state index is 0.191. The number of anilines is 2. The Labute approximate surface area is 123 Å². The van der Waals surface area contributed by atoms with Gasteiger partial charge in [0.05, 0.1) is 27.0 Å². The Kier molecular flexibility index (Phi) is 4.54. The largest absolute Gasteiger partial charge is 0.493 e. The predicted octanol–water partition coefficient (Wildman–Crippen LogP) is 2.46. The first-order valence-corrected chi connectivity index (χ1v) is 6.37. The molecule has 7 heteroatoms. The van der Waals surface area contributed by atoms with Crippen LogP contribution in [0.2, 0.25) is 0 Å². The molecule has 2 aromatic rings. The molecule has 0 amide bonds. The molecule has 0 aliphatic rings. The van der Waals surface area contributed by atoms with Gasteiger partial charge < -0.3 is 29.7 Å². The second-order valence-electron chi connectivity index (χ2n) is 4.41. The lowest BCUT2D eigenvalue weighted by Crippen LogP contribution is -2.05. The fourth-order valence-electron chi connectivity index (χ4n) is 1.83. The number of aromatic nitrogens is 1. The summed E-state index contributed by atoms with van der Waals surface area (Å²) in [7, 11) is 4.66. The van der Waals surface area contributed by atoms with E-state index in [0.29, 0.717) is 34.6 Å². The lowest BCUT2D eigenvalue weighted by atomic mass is 10.2. The van der Waals surface area contributed by atoms with E-state index >= 15 is 0 Å². The second kappa shape index (κ2) is 6.36. The van der Waals surface area contributed by atoms with Crippen molar-refractivity contribution in [3.05, 3.63) is 24.1 Å². The van der Waals surface area contributed by atoms with Gasteiger partial charge in [0.2, 0.25) is 5.75 Å². The molecule has 3 N–H and O–H groups in total. The number of ether oxygens (including phenoxy) is 3. The molecule has 0 fully saturated rings. The zero-order chi connectivity index (χ0) is 15.4. The molecule has 21 heavy (non-hydrogen) atoms. The van der Waals surface area contributed by atoms with Crippen LogP contribution in [0, 0.1) is 0 Å². The van der Waals surface area contributed by atoms with Crippen LogP contribution >= 0.6 is 0 Å². The average Bonchev–Trinajstić information content (AvgIpc) is 2.94. The Balaban J connectivity index is 2.30. The Hall–Kier alpha value is -2.41. The molecule has 0 saturated heterocycles. The standard InChI is InChI=1S/C14H19N3O4/c1-8(15)10-7-21-14(17-10)16-9-5-11(18-2)13(20-4)12(6-9)19-3/h5-8H,15H2,1-4H3,(H,16,17). The molecule has 1 unspecified atom stereocenters. The van der Waals surface area contributed by atoms with Gasteiger partial charge >= 0.3 is 0 Å². The summed E-state index contributed by atoms with van der Waals surface area (Å²) in [4.78, 5) is 4.24. The summed E-state index contributed by atoms with van der Waals surface area (Å²) >= 11 is 0. The molecule has 1 atom stereocenters. The molecule has 1 aromatic carbocycles. The number of hydrogen-bond acceptors (Lipinski definition) is 7. The van der Waals surface area contributed by atoms with Gasteiger partial charge in [0.25, 0.3) is 6.01 Å². The smallest absolute Gasteiger partial charge is 0.299 e. The van der Waals surface area contributed by atoms with Crippen molar-refractivity contribution in [1.29, 1.82) is 0 Å². The monoisotopic (exact) mass is 293 g/mol. The van der Waals surface area contributed by atoms with Crippen LogP contribution in [-0.2, 0) is 0 Å². The topological polar surface area (TPSA) is 91.8 Å². The number of oxazole rings is 1. The molecular formula is C14H19N3O4. The maximum Gasteiger partial charge on any atom is 0.299 e. The molecule has 0 radical (unpaired) electrons. The van der Waals surface area contributed by atoms with Crippen LogP contribution in [0.25, 0.3) is 0 Å². The van der Waals surface area contributed by atoms with Gasteiger partial charge in [0.1, 0.15) is 6.26 Å². The zero-order valence-electron chi connectivity index (χ0n) is 12.5. The van der Waals surface area contributed by atoms with Crippen molar-refractivity contribution < 1.29 is 18.6 Å². The first-order valence-electron chi connectivity index (χ1n) is 6.37. The van der Waals surface area contributed by atoms with Gasteiger partial charge in [-0.3, -0.25) is 0 Å². The quantitative estimate of drug-likeness (QED) is 0.845. The number of nitrogens with one attached hydrogen (secondary N) is 1. The summed E-state index contributed by atoms with van der Waals surface area (Å²) in [6, 6.07) is 3.68. The summed E-state index contributed by atoms with van der Waals surface area (Å²) in [5.74, 6) is 1.60. The summed E-state index contributed by atoms with van der Waals surface area (Å²) in [5, 5.41) is 3.03. The van der Waals surface area contributed by atoms with Gasteiger partial charge in [-0.1, -0.05) is 0 Å². The van der Waals surface area contributed by atoms with Crippen molar-refractivity contribution in [2.24, 2.45) is 5.73 Å². The fraction of sp³-hybridized carbons (Fsp3) is 0.357. The normalized spacial score (nSPS) is 11.9. The van der Waals surface area contributed by atoms with Gasteiger partial charge in [-0.15, -0.1) is 0 Å². The van der Waals surface area contributed by atoms with Gasteiger partial charge in [-0.25, -0.2) is 0 Å². The summed E-state index contributed by atoms with van der Waals surface area (Å²) in [6.07, 6.45) is 1.52. The van der Waals surface area contributed by atoms with E-state index in [1.54, 1.807) is 33.5 Å². The summed E-state index contributed by atoms with van der Waals surface area (Å²) < 4.78 is 21.2. The van der Waals surface area contributed by atoms with E-state index in [2.05, 4.69) is 10.3 Å². The van der Waals surface area contributed by atoms with Gasteiger partial charge in [0.15, 0.2) is 11.5 Å². The molecule has 0 saturated carbocycles. The first-order chi connectivity index (χ1) is 10.1. The zero-order valence-corrected chi connectivity index (χ0v) is 12.5. The minimum Gasteiger partial charge on any atom is -0.493 e. The number of benzene rings is 1. The van der Waals surface area contributed by atoms with E-state index in [1.165, 1.54) is 6.26 Å². The first kappa shape index (κ1) is 15.0. The maximum absolute atomic E-state index is 5.74. The molecule has 0 aliphatic carbocycles. The van der Waals surface area contributed by atoms with Crippen LogP contribution in [0.4, 0.5) is 11.7 Å². The Morgan fingerprint density at radius 2 is 1.76 bits per heavy atom. The molecule has 1 heterocycles. The molecule has 0 aliphatic heterocycles. The van der Waals surface area contributed by atoms with Gasteiger partial charge in [-0.2, -0.15) is 4.98 Å². The average molecular weight is 293 g/mol. The highest BCUT2D eigenvalue weighted by Crippen LogP contribution is 2.40. The van der Waals surface area contributed by atoms with E-state index in [-0.39, 0.29) is 6.04 Å². The van der Waals surface area contributed by atoms with Crippen molar-refractivity contribution >= 4 is 11.7 Å². The molecule has 7 nitrogen and oxygen atoms in total. The fourth-order valence-corrected chi connectivity index (χ4v) is 1.83. The van der Waals surface area contributed by atoms with Crippen LogP contribution in [-0.4, -0.2) is 26.3 Å². The third-order valence-corrected chi connectivity index (χ3v) is 2.90. The van der Waals surface area contributed by atoms with E-state index in [9.17, 15) is 0 Å². The number of rotatable bonds is 6. The number of hydrogen-bond donors (Lipinski definition) is 2. The van der Waals surface area contributed by atoms with Crippen LogP contribution < -0.4 is 25.3 Å².